The first kappa shape index (κ1) is 17.1. The third-order valence-corrected chi connectivity index (χ3v) is 7.20. The van der Waals surface area contributed by atoms with Crippen molar-refractivity contribution in [2.45, 2.75) is 30.1 Å². The van der Waals surface area contributed by atoms with Gasteiger partial charge in [0, 0.05) is 22.8 Å². The molecule has 6 rings (SSSR count). The van der Waals surface area contributed by atoms with Crippen LogP contribution in [0.4, 0.5) is 0 Å². The highest BCUT2D eigenvalue weighted by Crippen LogP contribution is 2.40. The molecule has 0 fully saturated rings. The topological polar surface area (TPSA) is 12.4 Å². The Hall–Kier alpha value is -2.84. The predicted octanol–water partition coefficient (Wildman–Crippen LogP) is 7.59. The highest BCUT2D eigenvalue weighted by molar-refractivity contribution is 7.98. The highest BCUT2D eigenvalue weighted by Gasteiger charge is 2.26. The lowest BCUT2D eigenvalue weighted by Crippen LogP contribution is -2.17. The van der Waals surface area contributed by atoms with Crippen molar-refractivity contribution in [2.75, 3.05) is 0 Å². The number of hydrogen-bond acceptors (Lipinski definition) is 2. The van der Waals surface area contributed by atoms with Crippen LogP contribution >= 0.6 is 11.9 Å². The third-order valence-electron chi connectivity index (χ3n) is 6.33. The highest BCUT2D eigenvalue weighted by atomic mass is 32.2. The van der Waals surface area contributed by atoms with E-state index in [2.05, 4.69) is 84.9 Å². The summed E-state index contributed by atoms with van der Waals surface area (Å²) in [7, 11) is 0. The molecule has 0 bridgehead atoms. The van der Waals surface area contributed by atoms with Crippen molar-refractivity contribution in [1.29, 1.82) is 0 Å². The van der Waals surface area contributed by atoms with Crippen LogP contribution in [-0.4, -0.2) is 5.71 Å². The van der Waals surface area contributed by atoms with Gasteiger partial charge >= 0.3 is 0 Å². The van der Waals surface area contributed by atoms with Crippen LogP contribution in [0.3, 0.4) is 0 Å². The van der Waals surface area contributed by atoms with Crippen molar-refractivity contribution in [1.82, 2.24) is 0 Å². The van der Waals surface area contributed by atoms with E-state index in [-0.39, 0.29) is 0 Å². The number of hydrogen-bond donors (Lipinski definition) is 0. The third kappa shape index (κ3) is 2.82. The molecule has 0 saturated carbocycles. The van der Waals surface area contributed by atoms with Gasteiger partial charge in [-0.2, -0.15) is 0 Å². The SMILES string of the molecule is C1=Cc2ccccc2SN=C1C1CCCc2c1ccc1c2ccc2ccccc21. The van der Waals surface area contributed by atoms with E-state index in [1.807, 2.05) is 0 Å². The Kier molecular flexibility index (Phi) is 4.05. The largest absolute Gasteiger partial charge is 0.215 e. The van der Waals surface area contributed by atoms with E-state index in [1.54, 1.807) is 11.9 Å². The van der Waals surface area contributed by atoms with Gasteiger partial charge in [0.2, 0.25) is 0 Å². The molecular weight excluding hydrogens is 370 g/mol. The van der Waals surface area contributed by atoms with Crippen LogP contribution < -0.4 is 0 Å². The minimum absolute atomic E-state index is 0.382. The van der Waals surface area contributed by atoms with Gasteiger partial charge in [0.25, 0.3) is 0 Å². The van der Waals surface area contributed by atoms with Crippen molar-refractivity contribution >= 4 is 45.3 Å². The fourth-order valence-corrected chi connectivity index (χ4v) is 5.68. The summed E-state index contributed by atoms with van der Waals surface area (Å²) in [5, 5.41) is 5.47. The minimum Gasteiger partial charge on any atom is -0.215 e. The minimum atomic E-state index is 0.382. The molecule has 4 aromatic carbocycles. The molecule has 1 atom stereocenters. The first-order valence-corrected chi connectivity index (χ1v) is 11.1. The number of nitrogens with zero attached hydrogens (tertiary/aromatic N) is 1. The molecule has 0 spiro atoms. The van der Waals surface area contributed by atoms with Gasteiger partial charge in [-0.15, -0.1) is 0 Å². The zero-order valence-corrected chi connectivity index (χ0v) is 17.0. The van der Waals surface area contributed by atoms with Gasteiger partial charge in [-0.3, -0.25) is 0 Å². The Morgan fingerprint density at radius 1 is 0.759 bits per heavy atom. The van der Waals surface area contributed by atoms with Crippen LogP contribution in [0.1, 0.15) is 35.4 Å². The average molecular weight is 392 g/mol. The van der Waals surface area contributed by atoms with E-state index in [4.69, 9.17) is 4.40 Å². The first-order valence-electron chi connectivity index (χ1n) is 10.3. The Labute approximate surface area is 175 Å². The molecule has 1 nitrogen and oxygen atoms in total. The normalized spacial score (nSPS) is 18.2. The van der Waals surface area contributed by atoms with Crippen molar-refractivity contribution in [3.8, 4) is 0 Å². The van der Waals surface area contributed by atoms with Crippen LogP contribution in [0.2, 0.25) is 0 Å². The van der Waals surface area contributed by atoms with E-state index >= 15 is 0 Å². The lowest BCUT2D eigenvalue weighted by atomic mass is 9.77. The molecule has 0 N–H and O–H groups in total. The second kappa shape index (κ2) is 6.89. The van der Waals surface area contributed by atoms with Gasteiger partial charge in [0.05, 0.1) is 5.71 Å². The van der Waals surface area contributed by atoms with Gasteiger partial charge in [0.1, 0.15) is 0 Å². The van der Waals surface area contributed by atoms with E-state index in [0.29, 0.717) is 5.92 Å². The quantitative estimate of drug-likeness (QED) is 0.240. The van der Waals surface area contributed by atoms with Crippen molar-refractivity contribution in [3.63, 3.8) is 0 Å². The summed E-state index contributed by atoms with van der Waals surface area (Å²) < 4.78 is 4.96. The summed E-state index contributed by atoms with van der Waals surface area (Å²) in [6.07, 6.45) is 8.02. The summed E-state index contributed by atoms with van der Waals surface area (Å²) >= 11 is 1.62. The summed E-state index contributed by atoms with van der Waals surface area (Å²) in [6.45, 7) is 0. The smallest absolute Gasteiger partial charge is 0.0566 e. The van der Waals surface area contributed by atoms with Crippen LogP contribution in [0, 0.1) is 0 Å². The molecular formula is C27H21NS. The standard InChI is InChI=1S/C27H21NS/c1-3-8-20-18(6-1)12-14-23-21-9-5-10-25(24(21)16-15-22(20)23)26-17-13-19-7-2-4-11-27(19)29-28-26/h1-4,6-8,11-17,25H,5,9-10H2. The van der Waals surface area contributed by atoms with Crippen molar-refractivity contribution in [3.05, 3.63) is 95.6 Å². The molecule has 1 aliphatic heterocycles. The van der Waals surface area contributed by atoms with Gasteiger partial charge in [0.15, 0.2) is 0 Å². The number of benzene rings is 4. The molecule has 0 aromatic heterocycles. The van der Waals surface area contributed by atoms with Gasteiger partial charge in [-0.1, -0.05) is 72.8 Å². The molecule has 2 aliphatic rings. The van der Waals surface area contributed by atoms with Crippen LogP contribution in [0.5, 0.6) is 0 Å². The summed E-state index contributed by atoms with van der Waals surface area (Å²) in [5.41, 5.74) is 5.45. The Bertz CT molecular complexity index is 1310. The number of fused-ring (bicyclic) bond motifs is 6. The fraction of sp³-hybridized carbons (Fsp3) is 0.148. The molecule has 1 unspecified atom stereocenters. The number of allylic oxidation sites excluding steroid dienone is 1. The van der Waals surface area contributed by atoms with E-state index < -0.39 is 0 Å². The Balaban J connectivity index is 1.48. The average Bonchev–Trinajstić information content (AvgIpc) is 3.01. The van der Waals surface area contributed by atoms with E-state index in [9.17, 15) is 0 Å². The fourth-order valence-electron chi connectivity index (χ4n) is 4.91. The monoisotopic (exact) mass is 391 g/mol. The lowest BCUT2D eigenvalue weighted by molar-refractivity contribution is 0.655. The summed E-state index contributed by atoms with van der Waals surface area (Å²) in [4.78, 5) is 1.24. The predicted molar refractivity (Wildman–Crippen MR) is 126 cm³/mol. The van der Waals surface area contributed by atoms with Crippen LogP contribution in [-0.2, 0) is 6.42 Å². The molecule has 0 saturated heterocycles. The van der Waals surface area contributed by atoms with E-state index in [0.717, 1.165) is 6.42 Å². The number of aryl methyl sites for hydroxylation is 1. The summed E-state index contributed by atoms with van der Waals surface area (Å²) in [5.74, 6) is 0.382. The molecule has 29 heavy (non-hydrogen) atoms. The maximum atomic E-state index is 4.96. The molecule has 1 heterocycles. The Morgan fingerprint density at radius 2 is 1.62 bits per heavy atom. The van der Waals surface area contributed by atoms with Gasteiger partial charge in [-0.25, -0.2) is 4.40 Å². The van der Waals surface area contributed by atoms with Gasteiger partial charge in [-0.05, 0) is 69.6 Å². The van der Waals surface area contributed by atoms with Crippen LogP contribution in [0.25, 0.3) is 27.6 Å². The van der Waals surface area contributed by atoms with Crippen LogP contribution in [0.15, 0.2) is 88.2 Å². The van der Waals surface area contributed by atoms with Crippen molar-refractivity contribution < 1.29 is 0 Å². The molecule has 0 amide bonds. The molecule has 0 radical (unpaired) electrons. The number of rotatable bonds is 1. The van der Waals surface area contributed by atoms with E-state index in [1.165, 1.54) is 61.7 Å². The zero-order chi connectivity index (χ0) is 19.2. The molecule has 140 valence electrons. The molecule has 2 heteroatoms. The van der Waals surface area contributed by atoms with Crippen molar-refractivity contribution in [2.24, 2.45) is 4.40 Å². The first-order chi connectivity index (χ1) is 14.4. The maximum Gasteiger partial charge on any atom is 0.0566 e. The Morgan fingerprint density at radius 3 is 2.62 bits per heavy atom. The zero-order valence-electron chi connectivity index (χ0n) is 16.1. The molecule has 1 aliphatic carbocycles. The summed E-state index contributed by atoms with van der Waals surface area (Å²) in [6, 6.07) is 26.5. The van der Waals surface area contributed by atoms with Gasteiger partial charge < -0.3 is 0 Å². The molecule has 4 aromatic rings. The maximum absolute atomic E-state index is 4.96. The second-order valence-electron chi connectivity index (χ2n) is 7.94. The second-order valence-corrected chi connectivity index (χ2v) is 8.74. The lowest BCUT2D eigenvalue weighted by Gasteiger charge is -2.27.